The molecule has 1 atom stereocenters. The maximum atomic E-state index is 13.4. The molecule has 2 aromatic heterocycles. The van der Waals surface area contributed by atoms with Crippen LogP contribution in [0.2, 0.25) is 0 Å². The van der Waals surface area contributed by atoms with Crippen molar-refractivity contribution in [2.24, 2.45) is 7.05 Å². The number of nitrogens with zero attached hydrogens (tertiary/aromatic N) is 6. The molecule has 2 heterocycles. The molecule has 0 spiro atoms. The van der Waals surface area contributed by atoms with Crippen molar-refractivity contribution in [1.82, 2.24) is 34.7 Å². The van der Waals surface area contributed by atoms with E-state index in [0.29, 0.717) is 17.9 Å². The first-order valence-corrected chi connectivity index (χ1v) is 13.6. The largest absolute Gasteiger partial charge is 0.492 e. The van der Waals surface area contributed by atoms with E-state index in [1.165, 1.54) is 0 Å². The molecular weight excluding hydrogens is 518 g/mol. The van der Waals surface area contributed by atoms with E-state index in [2.05, 4.69) is 15.5 Å². The van der Waals surface area contributed by atoms with E-state index in [4.69, 9.17) is 4.74 Å². The maximum Gasteiger partial charge on any atom is 0.252 e. The molecule has 0 saturated heterocycles. The second-order valence-electron chi connectivity index (χ2n) is 10.8. The first kappa shape index (κ1) is 29.5. The van der Waals surface area contributed by atoms with E-state index in [-0.39, 0.29) is 24.4 Å². The highest BCUT2D eigenvalue weighted by atomic mass is 16.5. The molecule has 4 rings (SSSR count). The Labute approximate surface area is 241 Å². The summed E-state index contributed by atoms with van der Waals surface area (Å²) in [5.74, 6) is 0.452. The SMILES string of the molecule is Cc1ccc(OCCN(C)C)cc1C(=O)N[C@H](C)c1cc(-c2cnn(CC(=O)N(C)C)c2)cc(-c2ccn(C)n2)c1. The molecule has 10 nitrogen and oxygen atoms in total. The van der Waals surface area contributed by atoms with Crippen LogP contribution in [0.5, 0.6) is 5.75 Å². The Bertz CT molecular complexity index is 1520. The number of ether oxygens (including phenoxy) is 1. The number of likely N-dealkylation sites (N-methyl/N-ethyl adjacent to an activating group) is 2. The third-order valence-electron chi connectivity index (χ3n) is 6.84. The van der Waals surface area contributed by atoms with E-state index in [1.54, 1.807) is 40.6 Å². The summed E-state index contributed by atoms with van der Waals surface area (Å²) in [4.78, 5) is 29.2. The number of rotatable bonds is 11. The summed E-state index contributed by atoms with van der Waals surface area (Å²) in [6.07, 6.45) is 5.50. The van der Waals surface area contributed by atoms with E-state index < -0.39 is 0 Å². The Hall–Kier alpha value is -4.44. The molecule has 2 aromatic carbocycles. The highest BCUT2D eigenvalue weighted by Crippen LogP contribution is 2.30. The zero-order valence-corrected chi connectivity index (χ0v) is 24.9. The van der Waals surface area contributed by atoms with Crippen LogP contribution >= 0.6 is 0 Å². The Morgan fingerprint density at radius 1 is 1.02 bits per heavy atom. The van der Waals surface area contributed by atoms with Gasteiger partial charge in [0.05, 0.1) is 17.9 Å². The van der Waals surface area contributed by atoms with Crippen molar-refractivity contribution in [1.29, 1.82) is 0 Å². The Balaban J connectivity index is 1.60. The molecule has 0 fully saturated rings. The zero-order chi connectivity index (χ0) is 29.7. The lowest BCUT2D eigenvalue weighted by molar-refractivity contribution is -0.129. The van der Waals surface area contributed by atoms with E-state index >= 15 is 0 Å². The van der Waals surface area contributed by atoms with Crippen LogP contribution in [-0.4, -0.2) is 82.5 Å². The van der Waals surface area contributed by atoms with Gasteiger partial charge in [-0.3, -0.25) is 19.0 Å². The number of amides is 2. The van der Waals surface area contributed by atoms with Crippen molar-refractivity contribution >= 4 is 11.8 Å². The van der Waals surface area contributed by atoms with Crippen molar-refractivity contribution in [3.63, 3.8) is 0 Å². The van der Waals surface area contributed by atoms with Crippen molar-refractivity contribution in [2.75, 3.05) is 41.3 Å². The summed E-state index contributed by atoms with van der Waals surface area (Å²) >= 11 is 0. The quantitative estimate of drug-likeness (QED) is 0.302. The van der Waals surface area contributed by atoms with Crippen LogP contribution in [-0.2, 0) is 18.4 Å². The third kappa shape index (κ3) is 7.61. The monoisotopic (exact) mass is 557 g/mol. The van der Waals surface area contributed by atoms with Crippen molar-refractivity contribution in [3.05, 3.63) is 77.7 Å². The average molecular weight is 558 g/mol. The van der Waals surface area contributed by atoms with Gasteiger partial charge in [-0.05, 0) is 81.0 Å². The Morgan fingerprint density at radius 3 is 2.46 bits per heavy atom. The molecule has 41 heavy (non-hydrogen) atoms. The number of aryl methyl sites for hydroxylation is 2. The molecular formula is C31H39N7O3. The van der Waals surface area contributed by atoms with Gasteiger partial charge in [0.1, 0.15) is 18.9 Å². The molecule has 0 aliphatic carbocycles. The Kier molecular flexibility index (Phi) is 9.24. The van der Waals surface area contributed by atoms with Gasteiger partial charge in [-0.15, -0.1) is 0 Å². The summed E-state index contributed by atoms with van der Waals surface area (Å²) in [5.41, 5.74) is 5.90. The van der Waals surface area contributed by atoms with Gasteiger partial charge in [-0.2, -0.15) is 10.2 Å². The summed E-state index contributed by atoms with van der Waals surface area (Å²) in [5, 5.41) is 12.1. The minimum absolute atomic E-state index is 0.0404. The molecule has 4 aromatic rings. The number of hydrogen-bond donors (Lipinski definition) is 1. The lowest BCUT2D eigenvalue weighted by Crippen LogP contribution is -2.27. The number of aromatic nitrogens is 4. The van der Waals surface area contributed by atoms with Crippen LogP contribution < -0.4 is 10.1 Å². The van der Waals surface area contributed by atoms with Gasteiger partial charge in [-0.25, -0.2) is 0 Å². The number of benzene rings is 2. The summed E-state index contributed by atoms with van der Waals surface area (Å²) in [7, 11) is 9.31. The number of carbonyl (C=O) groups is 2. The summed E-state index contributed by atoms with van der Waals surface area (Å²) in [6.45, 7) is 5.36. The van der Waals surface area contributed by atoms with E-state index in [0.717, 1.165) is 40.1 Å². The molecule has 0 saturated carbocycles. The average Bonchev–Trinajstić information content (AvgIpc) is 3.58. The van der Waals surface area contributed by atoms with Gasteiger partial charge in [0, 0.05) is 56.8 Å². The predicted octanol–water partition coefficient (Wildman–Crippen LogP) is 3.78. The van der Waals surface area contributed by atoms with Gasteiger partial charge in [0.2, 0.25) is 5.91 Å². The van der Waals surface area contributed by atoms with Gasteiger partial charge in [0.15, 0.2) is 0 Å². The molecule has 0 unspecified atom stereocenters. The standard InChI is InChI=1S/C31H39N7O3/c1-21-8-9-27(41-13-12-35(3)4)17-28(21)31(40)33-22(2)23-14-24(16-25(15-23)29-10-11-37(7)34-29)26-18-32-38(19-26)20-30(39)36(5)6/h8-11,14-19,22H,12-13,20H2,1-7H3,(H,33,40)/t22-/m1/s1. The second kappa shape index (κ2) is 12.8. The van der Waals surface area contributed by atoms with Crippen LogP contribution in [0, 0.1) is 6.92 Å². The fourth-order valence-electron chi connectivity index (χ4n) is 4.30. The first-order valence-electron chi connectivity index (χ1n) is 13.6. The molecule has 0 aliphatic heterocycles. The van der Waals surface area contributed by atoms with Gasteiger partial charge in [-0.1, -0.05) is 6.07 Å². The Morgan fingerprint density at radius 2 is 1.78 bits per heavy atom. The van der Waals surface area contributed by atoms with Crippen LogP contribution in [0.15, 0.2) is 61.1 Å². The predicted molar refractivity (Wildman–Crippen MR) is 160 cm³/mol. The minimum atomic E-state index is -0.298. The molecule has 0 aliphatic rings. The normalized spacial score (nSPS) is 11.9. The second-order valence-corrected chi connectivity index (χ2v) is 10.8. The smallest absolute Gasteiger partial charge is 0.252 e. The van der Waals surface area contributed by atoms with E-state index in [9.17, 15) is 9.59 Å². The van der Waals surface area contributed by atoms with Gasteiger partial charge < -0.3 is 19.9 Å². The topological polar surface area (TPSA) is 97.5 Å². The lowest BCUT2D eigenvalue weighted by atomic mass is 9.96. The van der Waals surface area contributed by atoms with Crippen molar-refractivity contribution < 1.29 is 14.3 Å². The zero-order valence-electron chi connectivity index (χ0n) is 24.9. The van der Waals surface area contributed by atoms with Gasteiger partial charge in [0.25, 0.3) is 5.91 Å². The fraction of sp³-hybridized carbons (Fsp3) is 0.355. The minimum Gasteiger partial charge on any atom is -0.492 e. The fourth-order valence-corrected chi connectivity index (χ4v) is 4.30. The van der Waals surface area contributed by atoms with Crippen LogP contribution in [0.3, 0.4) is 0 Å². The molecule has 216 valence electrons. The number of hydrogen-bond acceptors (Lipinski definition) is 6. The van der Waals surface area contributed by atoms with Crippen molar-refractivity contribution in [2.45, 2.75) is 26.4 Å². The van der Waals surface area contributed by atoms with Crippen LogP contribution in [0.1, 0.15) is 34.5 Å². The third-order valence-corrected chi connectivity index (χ3v) is 6.84. The lowest BCUT2D eigenvalue weighted by Gasteiger charge is -2.18. The van der Waals surface area contributed by atoms with Crippen LogP contribution in [0.4, 0.5) is 0 Å². The maximum absolute atomic E-state index is 13.4. The summed E-state index contributed by atoms with van der Waals surface area (Å²) < 4.78 is 9.25. The van der Waals surface area contributed by atoms with E-state index in [1.807, 2.05) is 88.7 Å². The highest BCUT2D eigenvalue weighted by molar-refractivity contribution is 5.96. The highest BCUT2D eigenvalue weighted by Gasteiger charge is 2.18. The summed E-state index contributed by atoms with van der Waals surface area (Å²) in [6, 6.07) is 13.4. The molecule has 0 radical (unpaired) electrons. The van der Waals surface area contributed by atoms with Crippen LogP contribution in [0.25, 0.3) is 22.4 Å². The molecule has 1 N–H and O–H groups in total. The number of nitrogens with one attached hydrogen (secondary N) is 1. The van der Waals surface area contributed by atoms with Gasteiger partial charge >= 0.3 is 0 Å². The first-order chi connectivity index (χ1) is 19.5. The molecule has 0 bridgehead atoms. The number of carbonyl (C=O) groups excluding carboxylic acids is 2. The van der Waals surface area contributed by atoms with Crippen molar-refractivity contribution in [3.8, 4) is 28.1 Å². The molecule has 2 amide bonds. The molecule has 10 heteroatoms.